The van der Waals surface area contributed by atoms with Crippen LogP contribution in [0.5, 0.6) is 0 Å². The van der Waals surface area contributed by atoms with Gasteiger partial charge < -0.3 is 15.1 Å². The Kier molecular flexibility index (Phi) is 7.72. The van der Waals surface area contributed by atoms with Gasteiger partial charge >= 0.3 is 0 Å². The average Bonchev–Trinajstić information content (AvgIpc) is 2.54. The molecule has 0 radical (unpaired) electrons. The van der Waals surface area contributed by atoms with Crippen molar-refractivity contribution in [2.24, 2.45) is 0 Å². The van der Waals surface area contributed by atoms with E-state index in [0.29, 0.717) is 18.7 Å². The fraction of sp³-hybridized carbons (Fsp3) is 0.467. The highest BCUT2D eigenvalue weighted by Gasteiger charge is 2.21. The van der Waals surface area contributed by atoms with E-state index in [-0.39, 0.29) is 30.8 Å². The van der Waals surface area contributed by atoms with Crippen LogP contribution in [0.15, 0.2) is 29.2 Å². The normalized spacial score (nSPS) is 14.2. The van der Waals surface area contributed by atoms with E-state index >= 15 is 0 Å². The van der Waals surface area contributed by atoms with Gasteiger partial charge in [-0.2, -0.15) is 0 Å². The van der Waals surface area contributed by atoms with Crippen molar-refractivity contribution < 1.29 is 9.59 Å². The molecule has 0 spiro atoms. The minimum Gasteiger partial charge on any atom is -0.339 e. The second-order valence-electron chi connectivity index (χ2n) is 4.99. The summed E-state index contributed by atoms with van der Waals surface area (Å²) in [4.78, 5) is 28.9. The maximum absolute atomic E-state index is 12.5. The van der Waals surface area contributed by atoms with Gasteiger partial charge in [-0.15, -0.1) is 24.2 Å². The molecular formula is C15H22ClN3O2S. The van der Waals surface area contributed by atoms with Gasteiger partial charge in [-0.25, -0.2) is 0 Å². The first kappa shape index (κ1) is 18.8. The summed E-state index contributed by atoms with van der Waals surface area (Å²) in [6, 6.07) is 7.48. The lowest BCUT2D eigenvalue weighted by molar-refractivity contribution is -0.132. The molecule has 1 heterocycles. The smallest absolute Gasteiger partial charge is 0.255 e. The molecule has 5 nitrogen and oxygen atoms in total. The van der Waals surface area contributed by atoms with Gasteiger partial charge in [-0.3, -0.25) is 9.59 Å². The molecule has 0 aromatic heterocycles. The summed E-state index contributed by atoms with van der Waals surface area (Å²) in [7, 11) is 1.68. The molecule has 122 valence electrons. The number of amides is 2. The van der Waals surface area contributed by atoms with Crippen LogP contribution in [0.2, 0.25) is 0 Å². The molecule has 1 aliphatic rings. The number of likely N-dealkylation sites (N-methyl/N-ethyl adjacent to an activating group) is 1. The largest absolute Gasteiger partial charge is 0.339 e. The minimum absolute atomic E-state index is 0. The van der Waals surface area contributed by atoms with Gasteiger partial charge in [-0.05, 0) is 18.4 Å². The lowest BCUT2D eigenvalue weighted by Gasteiger charge is -2.29. The summed E-state index contributed by atoms with van der Waals surface area (Å²) in [5, 5.41) is 3.21. The van der Waals surface area contributed by atoms with Gasteiger partial charge in [0.2, 0.25) is 5.91 Å². The highest BCUT2D eigenvalue weighted by Crippen LogP contribution is 2.21. The third-order valence-corrected chi connectivity index (χ3v) is 4.32. The van der Waals surface area contributed by atoms with Crippen molar-refractivity contribution in [2.75, 3.05) is 46.0 Å². The predicted octanol–water partition coefficient (Wildman–Crippen LogP) is 1.33. The van der Waals surface area contributed by atoms with E-state index < -0.39 is 0 Å². The third-order valence-electron chi connectivity index (χ3n) is 3.53. The summed E-state index contributed by atoms with van der Waals surface area (Å²) >= 11 is 1.54. The topological polar surface area (TPSA) is 52.7 Å². The van der Waals surface area contributed by atoms with Crippen LogP contribution >= 0.6 is 24.2 Å². The van der Waals surface area contributed by atoms with Crippen LogP contribution < -0.4 is 5.32 Å². The molecule has 2 rings (SSSR count). The second kappa shape index (κ2) is 9.02. The highest BCUT2D eigenvalue weighted by atomic mass is 35.5. The molecular weight excluding hydrogens is 322 g/mol. The molecule has 1 aromatic rings. The molecule has 1 N–H and O–H groups in total. The maximum Gasteiger partial charge on any atom is 0.255 e. The number of carbonyl (C=O) groups excluding carboxylic acids is 2. The summed E-state index contributed by atoms with van der Waals surface area (Å²) in [6.45, 7) is 3.18. The summed E-state index contributed by atoms with van der Waals surface area (Å²) in [6.07, 6.45) is 1.94. The quantitative estimate of drug-likeness (QED) is 0.838. The van der Waals surface area contributed by atoms with Gasteiger partial charge in [0.05, 0.1) is 12.1 Å². The molecule has 0 atom stereocenters. The second-order valence-corrected chi connectivity index (χ2v) is 5.84. The Morgan fingerprint density at radius 2 is 1.91 bits per heavy atom. The maximum atomic E-state index is 12.5. The van der Waals surface area contributed by atoms with E-state index in [2.05, 4.69) is 5.32 Å². The van der Waals surface area contributed by atoms with E-state index in [4.69, 9.17) is 0 Å². The van der Waals surface area contributed by atoms with Crippen LogP contribution in [-0.2, 0) is 4.79 Å². The lowest BCUT2D eigenvalue weighted by Crippen LogP contribution is -2.49. The van der Waals surface area contributed by atoms with Crippen molar-refractivity contribution in [3.63, 3.8) is 0 Å². The fourth-order valence-corrected chi connectivity index (χ4v) is 2.91. The van der Waals surface area contributed by atoms with Crippen molar-refractivity contribution in [1.29, 1.82) is 0 Å². The molecule has 0 saturated carbocycles. The molecule has 2 amide bonds. The van der Waals surface area contributed by atoms with Crippen LogP contribution in [0, 0.1) is 0 Å². The number of benzene rings is 1. The third kappa shape index (κ3) is 4.63. The Balaban J connectivity index is 0.00000242. The van der Waals surface area contributed by atoms with E-state index in [0.717, 1.165) is 18.0 Å². The molecule has 0 unspecified atom stereocenters. The zero-order valence-electron chi connectivity index (χ0n) is 12.9. The molecule has 7 heteroatoms. The minimum atomic E-state index is -0.108. The summed E-state index contributed by atoms with van der Waals surface area (Å²) < 4.78 is 0. The molecule has 0 bridgehead atoms. The standard InChI is InChI=1S/C15H21N3O2S.ClH/c1-17(11-14(19)18-9-7-16-8-10-18)15(20)12-5-3-4-6-13(12)21-2;/h3-6,16H,7-11H2,1-2H3;1H. The number of piperazine rings is 1. The number of hydrogen-bond donors (Lipinski definition) is 1. The van der Waals surface area contributed by atoms with Gasteiger partial charge in [0, 0.05) is 38.1 Å². The van der Waals surface area contributed by atoms with Crippen LogP contribution in [0.1, 0.15) is 10.4 Å². The van der Waals surface area contributed by atoms with Gasteiger partial charge in [0.15, 0.2) is 0 Å². The highest BCUT2D eigenvalue weighted by molar-refractivity contribution is 7.98. The number of halogens is 1. The number of carbonyl (C=O) groups is 2. The molecule has 0 aliphatic carbocycles. The first-order valence-electron chi connectivity index (χ1n) is 7.00. The van der Waals surface area contributed by atoms with Crippen molar-refractivity contribution in [3.05, 3.63) is 29.8 Å². The predicted molar refractivity (Wildman–Crippen MR) is 91.9 cm³/mol. The monoisotopic (exact) mass is 343 g/mol. The molecule has 1 saturated heterocycles. The molecule has 1 aliphatic heterocycles. The zero-order valence-corrected chi connectivity index (χ0v) is 14.5. The fourth-order valence-electron chi connectivity index (χ4n) is 2.32. The average molecular weight is 344 g/mol. The van der Waals surface area contributed by atoms with Crippen LogP contribution in [0.25, 0.3) is 0 Å². The number of rotatable bonds is 4. The zero-order chi connectivity index (χ0) is 15.2. The first-order valence-corrected chi connectivity index (χ1v) is 8.23. The molecule has 1 aromatic carbocycles. The summed E-state index contributed by atoms with van der Waals surface area (Å²) in [5.74, 6) is -0.0996. The first-order chi connectivity index (χ1) is 10.1. The Bertz CT molecular complexity index is 521. The Morgan fingerprint density at radius 3 is 2.55 bits per heavy atom. The van der Waals surface area contributed by atoms with E-state index in [1.165, 1.54) is 16.7 Å². The van der Waals surface area contributed by atoms with E-state index in [1.807, 2.05) is 24.5 Å². The Hall–Kier alpha value is -1.24. The van der Waals surface area contributed by atoms with Crippen LogP contribution in [0.3, 0.4) is 0 Å². The summed E-state index contributed by atoms with van der Waals surface area (Å²) in [5.41, 5.74) is 0.653. The van der Waals surface area contributed by atoms with Crippen molar-refractivity contribution in [3.8, 4) is 0 Å². The number of nitrogens with zero attached hydrogens (tertiary/aromatic N) is 2. The van der Waals surface area contributed by atoms with Gasteiger partial charge in [0.1, 0.15) is 0 Å². The number of nitrogens with one attached hydrogen (secondary N) is 1. The van der Waals surface area contributed by atoms with Crippen molar-refractivity contribution in [2.45, 2.75) is 4.90 Å². The lowest BCUT2D eigenvalue weighted by atomic mass is 10.2. The van der Waals surface area contributed by atoms with E-state index in [1.54, 1.807) is 18.0 Å². The number of thioether (sulfide) groups is 1. The number of hydrogen-bond acceptors (Lipinski definition) is 4. The van der Waals surface area contributed by atoms with Gasteiger partial charge in [-0.1, -0.05) is 12.1 Å². The Labute approximate surface area is 141 Å². The van der Waals surface area contributed by atoms with Crippen LogP contribution in [-0.4, -0.2) is 67.6 Å². The van der Waals surface area contributed by atoms with Crippen molar-refractivity contribution >= 4 is 36.0 Å². The SMILES string of the molecule is CSc1ccccc1C(=O)N(C)CC(=O)N1CCNCC1.Cl. The molecule has 1 fully saturated rings. The van der Waals surface area contributed by atoms with Gasteiger partial charge in [0.25, 0.3) is 5.91 Å². The molecule has 22 heavy (non-hydrogen) atoms. The van der Waals surface area contributed by atoms with Crippen LogP contribution in [0.4, 0.5) is 0 Å². The van der Waals surface area contributed by atoms with Crippen molar-refractivity contribution in [1.82, 2.24) is 15.1 Å². The Morgan fingerprint density at radius 1 is 1.27 bits per heavy atom. The van der Waals surface area contributed by atoms with E-state index in [9.17, 15) is 9.59 Å².